The lowest BCUT2D eigenvalue weighted by molar-refractivity contribution is -0.882. The normalized spacial score (nSPS) is 32.6. The molecule has 1 aliphatic rings. The van der Waals surface area contributed by atoms with Crippen molar-refractivity contribution >= 4 is 12.1 Å². The SMILES string of the molecule is CC1(C(=O)O)C[N+](Cc2ccccc2)(C(=O)O)CCC1N. The number of piperidine rings is 1. The second-order valence-electron chi connectivity index (χ2n) is 6.07. The van der Waals surface area contributed by atoms with E-state index >= 15 is 0 Å². The summed E-state index contributed by atoms with van der Waals surface area (Å²) in [6, 6.07) is 8.74. The van der Waals surface area contributed by atoms with Crippen molar-refractivity contribution in [2.45, 2.75) is 25.9 Å². The molecule has 0 saturated carbocycles. The van der Waals surface area contributed by atoms with E-state index in [0.717, 1.165) is 5.56 Å². The maximum Gasteiger partial charge on any atom is 0.513 e. The Bertz CT molecular complexity index is 548. The van der Waals surface area contributed by atoms with Gasteiger partial charge >= 0.3 is 12.1 Å². The lowest BCUT2D eigenvalue weighted by Crippen LogP contribution is -2.67. The molecule has 0 bridgehead atoms. The summed E-state index contributed by atoms with van der Waals surface area (Å²) in [5.74, 6) is -1.04. The molecule has 4 N–H and O–H groups in total. The second kappa shape index (κ2) is 5.46. The number of nitrogens with two attached hydrogens (primary N) is 1. The third-order valence-corrected chi connectivity index (χ3v) is 4.54. The van der Waals surface area contributed by atoms with E-state index in [1.165, 1.54) is 0 Å². The van der Waals surface area contributed by atoms with E-state index in [1.807, 2.05) is 30.3 Å². The topological polar surface area (TPSA) is 101 Å². The standard InChI is InChI=1S/C15H20N2O4/c1-15(13(18)19)10-17(14(20)21,8-7-12(15)16)9-11-5-3-2-4-6-11/h2-6,12H,7-10,16H2,1H3,(H-,18,19,20,21)/p+1. The Morgan fingerprint density at radius 1 is 1.33 bits per heavy atom. The zero-order valence-electron chi connectivity index (χ0n) is 12.0. The van der Waals surface area contributed by atoms with Crippen molar-refractivity contribution in [3.8, 4) is 0 Å². The molecular formula is C15H21N2O4+. The fourth-order valence-electron chi connectivity index (χ4n) is 3.05. The van der Waals surface area contributed by atoms with Crippen LogP contribution in [0.1, 0.15) is 18.9 Å². The van der Waals surface area contributed by atoms with Crippen LogP contribution in [0.25, 0.3) is 0 Å². The predicted molar refractivity (Wildman–Crippen MR) is 76.5 cm³/mol. The molecule has 1 aromatic carbocycles. The molecule has 1 aromatic rings. The maximum atomic E-state index is 11.8. The third-order valence-electron chi connectivity index (χ3n) is 4.54. The number of carbonyl (C=O) groups is 2. The molecule has 6 heteroatoms. The van der Waals surface area contributed by atoms with Crippen molar-refractivity contribution in [1.29, 1.82) is 0 Å². The van der Waals surface area contributed by atoms with E-state index in [2.05, 4.69) is 0 Å². The minimum Gasteiger partial charge on any atom is -0.481 e. The minimum atomic E-state index is -1.23. The van der Waals surface area contributed by atoms with Crippen LogP contribution in [-0.2, 0) is 11.3 Å². The number of hydrogen-bond donors (Lipinski definition) is 3. The maximum absolute atomic E-state index is 11.8. The predicted octanol–water partition coefficient (Wildman–Crippen LogP) is 1.50. The Morgan fingerprint density at radius 2 is 1.95 bits per heavy atom. The number of aliphatic carboxylic acids is 1. The Kier molecular flexibility index (Phi) is 4.02. The molecule has 0 aromatic heterocycles. The Hall–Kier alpha value is -1.92. The van der Waals surface area contributed by atoms with Crippen molar-refractivity contribution in [3.05, 3.63) is 35.9 Å². The van der Waals surface area contributed by atoms with Crippen molar-refractivity contribution in [1.82, 2.24) is 0 Å². The summed E-state index contributed by atoms with van der Waals surface area (Å²) in [6.07, 6.45) is -0.625. The molecule has 21 heavy (non-hydrogen) atoms. The van der Waals surface area contributed by atoms with E-state index in [4.69, 9.17) is 5.73 Å². The lowest BCUT2D eigenvalue weighted by Gasteiger charge is -2.45. The number of quaternary nitrogens is 1. The first-order valence-corrected chi connectivity index (χ1v) is 6.93. The zero-order valence-corrected chi connectivity index (χ0v) is 12.0. The number of rotatable bonds is 3. The molecule has 6 nitrogen and oxygen atoms in total. The van der Waals surface area contributed by atoms with E-state index in [9.17, 15) is 19.8 Å². The number of benzene rings is 1. The molecule has 3 unspecified atom stereocenters. The zero-order chi connectivity index (χ0) is 15.7. The van der Waals surface area contributed by atoms with Gasteiger partial charge in [0.25, 0.3) is 0 Å². The number of likely N-dealkylation sites (tertiary alicyclic amines) is 1. The van der Waals surface area contributed by atoms with Gasteiger partial charge in [-0.05, 0) is 6.92 Å². The second-order valence-corrected chi connectivity index (χ2v) is 6.07. The summed E-state index contributed by atoms with van der Waals surface area (Å²) in [5, 5.41) is 19.2. The highest BCUT2D eigenvalue weighted by Gasteiger charge is 2.55. The first-order valence-electron chi connectivity index (χ1n) is 6.93. The molecule has 2 rings (SSSR count). The highest BCUT2D eigenvalue weighted by molar-refractivity contribution is 5.76. The first kappa shape index (κ1) is 15.5. The average Bonchev–Trinajstić information content (AvgIpc) is 2.44. The van der Waals surface area contributed by atoms with Gasteiger partial charge in [-0.1, -0.05) is 30.3 Å². The van der Waals surface area contributed by atoms with Gasteiger partial charge < -0.3 is 15.9 Å². The van der Waals surface area contributed by atoms with Gasteiger partial charge in [-0.3, -0.25) is 4.79 Å². The van der Waals surface area contributed by atoms with Gasteiger partial charge in [0.2, 0.25) is 0 Å². The lowest BCUT2D eigenvalue weighted by atomic mass is 9.76. The van der Waals surface area contributed by atoms with Gasteiger partial charge in [-0.15, -0.1) is 0 Å². The fraction of sp³-hybridized carbons (Fsp3) is 0.467. The van der Waals surface area contributed by atoms with E-state index in [-0.39, 0.29) is 17.6 Å². The van der Waals surface area contributed by atoms with E-state index in [0.29, 0.717) is 13.0 Å². The van der Waals surface area contributed by atoms with Crippen LogP contribution >= 0.6 is 0 Å². The van der Waals surface area contributed by atoms with Gasteiger partial charge in [-0.2, -0.15) is 4.79 Å². The molecule has 1 amide bonds. The number of hydrogen-bond acceptors (Lipinski definition) is 3. The van der Waals surface area contributed by atoms with Crippen LogP contribution in [0, 0.1) is 5.41 Å². The van der Waals surface area contributed by atoms with Crippen molar-refractivity contribution < 1.29 is 24.3 Å². The molecule has 114 valence electrons. The van der Waals surface area contributed by atoms with Crippen LogP contribution < -0.4 is 5.73 Å². The van der Waals surface area contributed by atoms with Gasteiger partial charge in [-0.25, -0.2) is 4.48 Å². The fourth-order valence-corrected chi connectivity index (χ4v) is 3.05. The van der Waals surface area contributed by atoms with Crippen LogP contribution in [0.5, 0.6) is 0 Å². The van der Waals surface area contributed by atoms with E-state index in [1.54, 1.807) is 6.92 Å². The molecule has 3 atom stereocenters. The van der Waals surface area contributed by atoms with Crippen LogP contribution in [0.3, 0.4) is 0 Å². The number of nitrogens with zero attached hydrogens (tertiary/aromatic N) is 1. The van der Waals surface area contributed by atoms with Crippen molar-refractivity contribution in [3.63, 3.8) is 0 Å². The van der Waals surface area contributed by atoms with Gasteiger partial charge in [0.05, 0.1) is 6.54 Å². The summed E-state index contributed by atoms with van der Waals surface area (Å²) in [6.45, 7) is 2.15. The Balaban J connectivity index is 2.35. The molecule has 1 fully saturated rings. The summed E-state index contributed by atoms with van der Waals surface area (Å²) < 4.78 is -0.291. The minimum absolute atomic E-state index is 0.00622. The highest BCUT2D eigenvalue weighted by Crippen LogP contribution is 2.35. The largest absolute Gasteiger partial charge is 0.513 e. The summed E-state index contributed by atoms with van der Waals surface area (Å²) in [7, 11) is 0. The quantitative estimate of drug-likeness (QED) is 0.733. The van der Waals surface area contributed by atoms with Gasteiger partial charge in [0.15, 0.2) is 0 Å². The smallest absolute Gasteiger partial charge is 0.481 e. The third kappa shape index (κ3) is 2.77. The number of amides is 1. The van der Waals surface area contributed by atoms with Crippen molar-refractivity contribution in [2.24, 2.45) is 11.1 Å². The Morgan fingerprint density at radius 3 is 2.48 bits per heavy atom. The van der Waals surface area contributed by atoms with Crippen molar-refractivity contribution in [2.75, 3.05) is 13.1 Å². The molecular weight excluding hydrogens is 272 g/mol. The van der Waals surface area contributed by atoms with Gasteiger partial charge in [0.1, 0.15) is 18.5 Å². The summed E-state index contributed by atoms with van der Waals surface area (Å²) >= 11 is 0. The average molecular weight is 293 g/mol. The molecule has 0 spiro atoms. The molecule has 0 aliphatic carbocycles. The molecule has 1 aliphatic heterocycles. The number of carboxylic acid groups (broad SMARTS) is 2. The molecule has 1 saturated heterocycles. The van der Waals surface area contributed by atoms with Crippen LogP contribution in [0.15, 0.2) is 30.3 Å². The van der Waals surface area contributed by atoms with E-state index < -0.39 is 23.5 Å². The molecule has 1 heterocycles. The monoisotopic (exact) mass is 293 g/mol. The summed E-state index contributed by atoms with van der Waals surface area (Å²) in [4.78, 5) is 23.4. The van der Waals surface area contributed by atoms with Crippen LogP contribution in [0.2, 0.25) is 0 Å². The first-order chi connectivity index (χ1) is 9.80. The highest BCUT2D eigenvalue weighted by atomic mass is 16.4. The number of carboxylic acids is 1. The van der Waals surface area contributed by atoms with Crippen LogP contribution in [-0.4, -0.2) is 45.9 Å². The van der Waals surface area contributed by atoms with Gasteiger partial charge in [0, 0.05) is 18.0 Å². The Labute approximate surface area is 123 Å². The molecule has 0 radical (unpaired) electrons. The summed E-state index contributed by atoms with van der Waals surface area (Å²) in [5.41, 5.74) is 5.59. The van der Waals surface area contributed by atoms with Crippen LogP contribution in [0.4, 0.5) is 4.79 Å².